The van der Waals surface area contributed by atoms with Gasteiger partial charge in [0.25, 0.3) is 0 Å². The van der Waals surface area contributed by atoms with Crippen LogP contribution in [0.4, 0.5) is 0 Å². The average Bonchev–Trinajstić information content (AvgIpc) is 3.65. The first kappa shape index (κ1) is 23.4. The van der Waals surface area contributed by atoms with Crippen LogP contribution in [0, 0.1) is 6.92 Å². The van der Waals surface area contributed by atoms with Crippen molar-refractivity contribution in [1.29, 1.82) is 0 Å². The van der Waals surface area contributed by atoms with E-state index in [0.29, 0.717) is 0 Å². The summed E-state index contributed by atoms with van der Waals surface area (Å²) >= 11 is 3.78. The second-order valence-electron chi connectivity index (χ2n) is 10.0. The van der Waals surface area contributed by atoms with E-state index in [1.54, 1.807) is 0 Å². The second-order valence-corrected chi connectivity index (χ2v) is 12.2. The summed E-state index contributed by atoms with van der Waals surface area (Å²) in [4.78, 5) is 5.31. The van der Waals surface area contributed by atoms with E-state index in [2.05, 4.69) is 123 Å². The molecule has 2 aromatic heterocycles. The smallest absolute Gasteiger partial charge is 0.0449 e. The zero-order valence-corrected chi connectivity index (χ0v) is 23.3. The van der Waals surface area contributed by atoms with E-state index in [0.717, 1.165) is 12.8 Å². The van der Waals surface area contributed by atoms with Crippen LogP contribution in [0.5, 0.6) is 0 Å². The van der Waals surface area contributed by atoms with E-state index in [9.17, 15) is 0 Å². The number of thiophene rings is 2. The Morgan fingerprint density at radius 1 is 0.526 bits per heavy atom. The van der Waals surface area contributed by atoms with Crippen molar-refractivity contribution < 1.29 is 0 Å². The maximum Gasteiger partial charge on any atom is 0.0449 e. The van der Waals surface area contributed by atoms with Crippen molar-refractivity contribution in [1.82, 2.24) is 0 Å². The number of benzene rings is 5. The van der Waals surface area contributed by atoms with Crippen molar-refractivity contribution in [2.45, 2.75) is 26.7 Å². The van der Waals surface area contributed by atoms with E-state index in [-0.39, 0.29) is 0 Å². The Bertz CT molecular complexity index is 1940. The van der Waals surface area contributed by atoms with Crippen LogP contribution < -0.4 is 0 Å². The maximum atomic E-state index is 2.42. The molecule has 0 spiro atoms. The number of hydrogen-bond donors (Lipinski definition) is 0. The Morgan fingerprint density at radius 2 is 1.16 bits per heavy atom. The number of aryl methyl sites for hydroxylation is 2. The number of rotatable bonds is 5. The summed E-state index contributed by atoms with van der Waals surface area (Å²) in [5.41, 5.74) is 5.49. The topological polar surface area (TPSA) is 0 Å². The van der Waals surface area contributed by atoms with Crippen LogP contribution in [0.2, 0.25) is 0 Å². The molecule has 0 unspecified atom stereocenters. The van der Waals surface area contributed by atoms with E-state index < -0.39 is 0 Å². The molecule has 0 bridgehead atoms. The predicted octanol–water partition coefficient (Wildman–Crippen LogP) is 11.5. The highest BCUT2D eigenvalue weighted by Gasteiger charge is 2.14. The number of fused-ring (bicyclic) bond motifs is 3. The lowest BCUT2D eigenvalue weighted by Crippen LogP contribution is -1.93. The average molecular weight is 525 g/mol. The van der Waals surface area contributed by atoms with Crippen LogP contribution in [0.1, 0.15) is 24.5 Å². The standard InChI is InChI=1S/C36H28S2/c1-3-9-28-29-14-7-6-12-26(29)23(2)32-22-25(16-17-30(28)32)33-18-20-35(37-33)36-21-19-34(38-36)31-15-8-11-24-10-4-5-13-27(24)31/h4-8,10-22H,3,9H2,1-2H3. The van der Waals surface area contributed by atoms with E-state index in [1.165, 1.54) is 74.1 Å². The summed E-state index contributed by atoms with van der Waals surface area (Å²) < 4.78 is 0. The van der Waals surface area contributed by atoms with Crippen LogP contribution in [0.15, 0.2) is 109 Å². The summed E-state index contributed by atoms with van der Waals surface area (Å²) in [5, 5.41) is 8.18. The molecule has 0 aliphatic heterocycles. The largest absolute Gasteiger partial charge is 0.134 e. The first-order chi connectivity index (χ1) is 18.7. The fourth-order valence-electron chi connectivity index (χ4n) is 5.83. The van der Waals surface area contributed by atoms with Gasteiger partial charge in [-0.25, -0.2) is 0 Å². The molecule has 0 saturated carbocycles. The minimum absolute atomic E-state index is 1.11. The molecule has 0 saturated heterocycles. The van der Waals surface area contributed by atoms with E-state index in [4.69, 9.17) is 0 Å². The van der Waals surface area contributed by atoms with Gasteiger partial charge in [0, 0.05) is 19.5 Å². The molecule has 5 aromatic carbocycles. The van der Waals surface area contributed by atoms with Crippen LogP contribution in [0.3, 0.4) is 0 Å². The molecule has 7 aromatic rings. The summed E-state index contributed by atoms with van der Waals surface area (Å²) in [6, 6.07) is 40.4. The van der Waals surface area contributed by atoms with Crippen LogP contribution in [-0.2, 0) is 6.42 Å². The highest BCUT2D eigenvalue weighted by Crippen LogP contribution is 2.43. The minimum atomic E-state index is 1.11. The van der Waals surface area contributed by atoms with Gasteiger partial charge in [-0.1, -0.05) is 92.2 Å². The Kier molecular flexibility index (Phi) is 5.88. The van der Waals surface area contributed by atoms with Crippen LogP contribution in [0.25, 0.3) is 63.0 Å². The molecule has 2 heterocycles. The summed E-state index contributed by atoms with van der Waals surface area (Å²) in [5.74, 6) is 0. The van der Waals surface area contributed by atoms with Crippen molar-refractivity contribution in [3.05, 3.63) is 120 Å². The SMILES string of the molecule is CCCc1c2ccccc2c(C)c2cc(-c3ccc(-c4ccc(-c5cccc6ccccc56)s4)s3)ccc12. The van der Waals surface area contributed by atoms with Gasteiger partial charge < -0.3 is 0 Å². The Hall–Kier alpha value is -3.72. The van der Waals surface area contributed by atoms with E-state index in [1.807, 2.05) is 22.7 Å². The van der Waals surface area contributed by atoms with E-state index >= 15 is 0 Å². The molecule has 0 fully saturated rings. The molecule has 184 valence electrons. The quantitative estimate of drug-likeness (QED) is 0.196. The van der Waals surface area contributed by atoms with Gasteiger partial charge in [0.15, 0.2) is 0 Å². The maximum absolute atomic E-state index is 2.42. The normalized spacial score (nSPS) is 11.6. The van der Waals surface area contributed by atoms with Crippen LogP contribution >= 0.6 is 22.7 Å². The fourth-order valence-corrected chi connectivity index (χ4v) is 7.97. The third-order valence-electron chi connectivity index (χ3n) is 7.70. The summed E-state index contributed by atoms with van der Waals surface area (Å²) in [6.45, 7) is 4.56. The van der Waals surface area contributed by atoms with Gasteiger partial charge in [0.2, 0.25) is 0 Å². The molecule has 0 N–H and O–H groups in total. The summed E-state index contributed by atoms with van der Waals surface area (Å²) in [7, 11) is 0. The molecule has 0 nitrogen and oxygen atoms in total. The van der Waals surface area contributed by atoms with Gasteiger partial charge in [0.1, 0.15) is 0 Å². The van der Waals surface area contributed by atoms with Gasteiger partial charge in [-0.2, -0.15) is 0 Å². The first-order valence-electron chi connectivity index (χ1n) is 13.3. The zero-order valence-electron chi connectivity index (χ0n) is 21.6. The molecule has 0 atom stereocenters. The Morgan fingerprint density at radius 3 is 1.97 bits per heavy atom. The molecule has 0 radical (unpaired) electrons. The van der Waals surface area contributed by atoms with Gasteiger partial charge in [0.05, 0.1) is 0 Å². The Balaban J connectivity index is 1.28. The Labute approximate surface area is 231 Å². The van der Waals surface area contributed by atoms with Gasteiger partial charge in [-0.3, -0.25) is 0 Å². The molecular weight excluding hydrogens is 497 g/mol. The summed E-state index contributed by atoms with van der Waals surface area (Å²) in [6.07, 6.45) is 2.26. The van der Waals surface area contributed by atoms with Crippen molar-refractivity contribution >= 4 is 55.0 Å². The van der Waals surface area contributed by atoms with Crippen LogP contribution in [-0.4, -0.2) is 0 Å². The van der Waals surface area contributed by atoms with Crippen molar-refractivity contribution in [2.24, 2.45) is 0 Å². The monoisotopic (exact) mass is 524 g/mol. The van der Waals surface area contributed by atoms with Crippen molar-refractivity contribution in [3.8, 4) is 30.6 Å². The third-order valence-corrected chi connectivity index (χ3v) is 10.1. The molecular formula is C36H28S2. The highest BCUT2D eigenvalue weighted by atomic mass is 32.1. The lowest BCUT2D eigenvalue weighted by atomic mass is 9.89. The molecule has 0 amide bonds. The first-order valence-corrected chi connectivity index (χ1v) is 15.0. The number of hydrogen-bond acceptors (Lipinski definition) is 2. The lowest BCUT2D eigenvalue weighted by Gasteiger charge is -2.15. The van der Waals surface area contributed by atoms with Gasteiger partial charge in [-0.15, -0.1) is 22.7 Å². The fraction of sp³-hybridized carbons (Fsp3) is 0.111. The minimum Gasteiger partial charge on any atom is -0.134 e. The van der Waals surface area contributed by atoms with Gasteiger partial charge in [-0.05, 0) is 98.2 Å². The van der Waals surface area contributed by atoms with Crippen molar-refractivity contribution in [3.63, 3.8) is 0 Å². The second kappa shape index (κ2) is 9.54. The van der Waals surface area contributed by atoms with Gasteiger partial charge >= 0.3 is 0 Å². The van der Waals surface area contributed by atoms with Crippen molar-refractivity contribution in [2.75, 3.05) is 0 Å². The lowest BCUT2D eigenvalue weighted by molar-refractivity contribution is 0.936. The molecule has 38 heavy (non-hydrogen) atoms. The molecule has 0 aliphatic rings. The highest BCUT2D eigenvalue weighted by molar-refractivity contribution is 7.25. The molecule has 2 heteroatoms. The molecule has 0 aliphatic carbocycles. The predicted molar refractivity (Wildman–Crippen MR) is 170 cm³/mol. The molecule has 7 rings (SSSR count). The third kappa shape index (κ3) is 3.88. The zero-order chi connectivity index (χ0) is 25.6.